The van der Waals surface area contributed by atoms with Gasteiger partial charge >= 0.3 is 6.03 Å². The first-order chi connectivity index (χ1) is 12.9. The molecule has 1 aliphatic heterocycles. The van der Waals surface area contributed by atoms with E-state index in [0.717, 1.165) is 50.0 Å². The average molecular weight is 408 g/mol. The topological polar surface area (TPSA) is 58.4 Å². The number of nitrogens with one attached hydrogen (secondary N) is 1. The maximum absolute atomic E-state index is 12.5. The van der Waals surface area contributed by atoms with E-state index in [0.29, 0.717) is 27.3 Å². The zero-order valence-electron chi connectivity index (χ0n) is 15.5. The van der Waals surface area contributed by atoms with Crippen molar-refractivity contribution in [2.45, 2.75) is 45.4 Å². The molecule has 2 heterocycles. The van der Waals surface area contributed by atoms with Gasteiger partial charge in [0.1, 0.15) is 0 Å². The van der Waals surface area contributed by atoms with Gasteiger partial charge in [0.15, 0.2) is 0 Å². The summed E-state index contributed by atoms with van der Waals surface area (Å²) in [6.45, 7) is 5.29. The second-order valence-corrected chi connectivity index (χ2v) is 8.73. The minimum absolute atomic E-state index is 0.107. The molecule has 4 rings (SSSR count). The number of halogens is 2. The van der Waals surface area contributed by atoms with E-state index in [9.17, 15) is 4.79 Å². The molecule has 2 aromatic rings. The highest BCUT2D eigenvalue weighted by molar-refractivity contribution is 6.42. The third-order valence-electron chi connectivity index (χ3n) is 6.26. The smallest absolute Gasteiger partial charge is 0.324 e. The Morgan fingerprint density at radius 2 is 1.93 bits per heavy atom. The van der Waals surface area contributed by atoms with Crippen LogP contribution >= 0.6 is 23.2 Å². The van der Waals surface area contributed by atoms with Gasteiger partial charge < -0.3 is 9.42 Å². The van der Waals surface area contributed by atoms with Gasteiger partial charge in [-0.1, -0.05) is 34.4 Å². The third-order valence-corrected chi connectivity index (χ3v) is 7.00. The molecule has 27 heavy (non-hydrogen) atoms. The summed E-state index contributed by atoms with van der Waals surface area (Å²) in [5, 5.41) is 7.95. The number of likely N-dealkylation sites (tertiary alicyclic amines) is 1. The van der Waals surface area contributed by atoms with Crippen LogP contribution in [-0.2, 0) is 0 Å². The standard InChI is InChI=1S/C20H23Cl2N3O2/c1-12-13(2)24-27-18(12)23-19(26)25-7-5-20(6-8-25)10-15(11-20)14-3-4-16(21)17(22)9-14/h3-4,9,15H,5-8,10-11H2,1-2H3,(H,23,26). The molecule has 5 nitrogen and oxygen atoms in total. The average Bonchev–Trinajstić information content (AvgIpc) is 2.94. The summed E-state index contributed by atoms with van der Waals surface area (Å²) < 4.78 is 5.18. The number of hydrogen-bond acceptors (Lipinski definition) is 3. The van der Waals surface area contributed by atoms with Gasteiger partial charge in [-0.15, -0.1) is 0 Å². The number of piperidine rings is 1. The minimum atomic E-state index is -0.107. The molecular weight excluding hydrogens is 385 g/mol. The molecule has 2 fully saturated rings. The summed E-state index contributed by atoms with van der Waals surface area (Å²) in [5.74, 6) is 0.987. The molecule has 2 amide bonds. The van der Waals surface area contributed by atoms with Crippen LogP contribution in [0.3, 0.4) is 0 Å². The first-order valence-electron chi connectivity index (χ1n) is 9.31. The Labute approximate surface area is 169 Å². The Kier molecular flexibility index (Phi) is 4.85. The van der Waals surface area contributed by atoms with Gasteiger partial charge in [0.2, 0.25) is 5.88 Å². The number of urea groups is 1. The lowest BCUT2D eigenvalue weighted by molar-refractivity contribution is 0.0290. The molecule has 1 saturated heterocycles. The summed E-state index contributed by atoms with van der Waals surface area (Å²) >= 11 is 12.2. The van der Waals surface area contributed by atoms with Crippen molar-refractivity contribution in [3.63, 3.8) is 0 Å². The molecule has 7 heteroatoms. The zero-order valence-corrected chi connectivity index (χ0v) is 17.0. The number of rotatable bonds is 2. The lowest BCUT2D eigenvalue weighted by Crippen LogP contribution is -2.49. The molecule has 1 spiro atoms. The Morgan fingerprint density at radius 1 is 1.22 bits per heavy atom. The van der Waals surface area contributed by atoms with Crippen LogP contribution < -0.4 is 5.32 Å². The van der Waals surface area contributed by atoms with Crippen molar-refractivity contribution in [2.75, 3.05) is 18.4 Å². The fraction of sp³-hybridized carbons (Fsp3) is 0.500. The SMILES string of the molecule is Cc1noc(NC(=O)N2CCC3(CC2)CC(c2ccc(Cl)c(Cl)c2)C3)c1C. The zero-order chi connectivity index (χ0) is 19.2. The Balaban J connectivity index is 1.31. The van der Waals surface area contributed by atoms with Crippen LogP contribution in [0.2, 0.25) is 10.0 Å². The maximum Gasteiger partial charge on any atom is 0.324 e. The predicted molar refractivity (Wildman–Crippen MR) is 107 cm³/mol. The molecular formula is C20H23Cl2N3O2. The molecule has 1 aromatic carbocycles. The predicted octanol–water partition coefficient (Wildman–Crippen LogP) is 5.79. The van der Waals surface area contributed by atoms with Crippen LogP contribution in [0.4, 0.5) is 10.7 Å². The molecule has 144 valence electrons. The number of aromatic nitrogens is 1. The number of anilines is 1. The van der Waals surface area contributed by atoms with E-state index in [1.807, 2.05) is 30.9 Å². The van der Waals surface area contributed by atoms with Gasteiger partial charge in [-0.2, -0.15) is 0 Å². The van der Waals surface area contributed by atoms with E-state index in [1.54, 1.807) is 0 Å². The van der Waals surface area contributed by atoms with E-state index in [-0.39, 0.29) is 6.03 Å². The van der Waals surface area contributed by atoms with Crippen molar-refractivity contribution in [1.29, 1.82) is 0 Å². The van der Waals surface area contributed by atoms with Crippen molar-refractivity contribution in [3.8, 4) is 0 Å². The molecule has 2 aliphatic rings. The normalized spacial score (nSPS) is 19.2. The largest absolute Gasteiger partial charge is 0.338 e. The molecule has 1 N–H and O–H groups in total. The van der Waals surface area contributed by atoms with Crippen LogP contribution in [0, 0.1) is 19.3 Å². The highest BCUT2D eigenvalue weighted by atomic mass is 35.5. The number of nitrogens with zero attached hydrogens (tertiary/aromatic N) is 2. The van der Waals surface area contributed by atoms with E-state index in [2.05, 4.69) is 16.5 Å². The van der Waals surface area contributed by atoms with E-state index >= 15 is 0 Å². The molecule has 1 saturated carbocycles. The number of hydrogen-bond donors (Lipinski definition) is 1. The van der Waals surface area contributed by atoms with Crippen molar-refractivity contribution < 1.29 is 9.32 Å². The minimum Gasteiger partial charge on any atom is -0.338 e. The summed E-state index contributed by atoms with van der Waals surface area (Å²) in [6, 6.07) is 5.84. The van der Waals surface area contributed by atoms with Crippen LogP contribution in [0.15, 0.2) is 22.7 Å². The number of benzene rings is 1. The summed E-state index contributed by atoms with van der Waals surface area (Å²) in [5.41, 5.74) is 3.30. The van der Waals surface area contributed by atoms with Gasteiger partial charge in [0.05, 0.1) is 15.7 Å². The highest BCUT2D eigenvalue weighted by Gasteiger charge is 2.46. The van der Waals surface area contributed by atoms with E-state index in [4.69, 9.17) is 27.7 Å². The van der Waals surface area contributed by atoms with Gasteiger partial charge in [-0.3, -0.25) is 5.32 Å². The lowest BCUT2D eigenvalue weighted by Gasteiger charge is -2.52. The summed E-state index contributed by atoms with van der Waals surface area (Å²) in [7, 11) is 0. The second-order valence-electron chi connectivity index (χ2n) is 7.92. The summed E-state index contributed by atoms with van der Waals surface area (Å²) in [6.07, 6.45) is 4.38. The van der Waals surface area contributed by atoms with Gasteiger partial charge in [0.25, 0.3) is 0 Å². The van der Waals surface area contributed by atoms with Crippen LogP contribution in [0.5, 0.6) is 0 Å². The van der Waals surface area contributed by atoms with Gasteiger partial charge in [-0.05, 0) is 68.6 Å². The molecule has 0 radical (unpaired) electrons. The van der Waals surface area contributed by atoms with Crippen molar-refractivity contribution in [3.05, 3.63) is 45.1 Å². The number of carbonyl (C=O) groups is 1. The van der Waals surface area contributed by atoms with Crippen LogP contribution in [0.25, 0.3) is 0 Å². The Hall–Kier alpha value is -1.72. The summed E-state index contributed by atoms with van der Waals surface area (Å²) in [4.78, 5) is 14.4. The molecule has 1 aliphatic carbocycles. The van der Waals surface area contributed by atoms with Crippen LogP contribution in [-0.4, -0.2) is 29.2 Å². The molecule has 0 unspecified atom stereocenters. The maximum atomic E-state index is 12.5. The first kappa shape index (κ1) is 18.6. The second kappa shape index (κ2) is 7.02. The molecule has 1 aromatic heterocycles. The molecule has 0 atom stereocenters. The number of aryl methyl sites for hydroxylation is 1. The fourth-order valence-corrected chi connectivity index (χ4v) is 4.59. The van der Waals surface area contributed by atoms with Crippen molar-refractivity contribution in [2.24, 2.45) is 5.41 Å². The quantitative estimate of drug-likeness (QED) is 0.684. The van der Waals surface area contributed by atoms with E-state index < -0.39 is 0 Å². The van der Waals surface area contributed by atoms with Crippen molar-refractivity contribution >= 4 is 35.1 Å². The van der Waals surface area contributed by atoms with E-state index in [1.165, 1.54) is 5.56 Å². The number of carbonyl (C=O) groups excluding carboxylic acids is 1. The Morgan fingerprint density at radius 3 is 2.52 bits per heavy atom. The van der Waals surface area contributed by atoms with Crippen LogP contribution in [0.1, 0.15) is 48.4 Å². The third kappa shape index (κ3) is 3.55. The van der Waals surface area contributed by atoms with Crippen molar-refractivity contribution in [1.82, 2.24) is 10.1 Å². The van der Waals surface area contributed by atoms with Gasteiger partial charge in [0, 0.05) is 18.7 Å². The highest BCUT2D eigenvalue weighted by Crippen LogP contribution is 2.57. The van der Waals surface area contributed by atoms with Gasteiger partial charge in [-0.25, -0.2) is 4.79 Å². The fourth-order valence-electron chi connectivity index (χ4n) is 4.29. The monoisotopic (exact) mass is 407 g/mol. The Bertz CT molecular complexity index is 864. The lowest BCUT2D eigenvalue weighted by atomic mass is 9.56. The molecule has 0 bridgehead atoms. The first-order valence-corrected chi connectivity index (χ1v) is 10.1. The number of amides is 2.